The number of hydrogen-bond donors (Lipinski definition) is 0. The van der Waals surface area contributed by atoms with Gasteiger partial charge in [0.25, 0.3) is 0 Å². The van der Waals surface area contributed by atoms with Crippen LogP contribution in [0.15, 0.2) is 46.2 Å². The van der Waals surface area contributed by atoms with E-state index in [1.807, 2.05) is 18.2 Å². The lowest BCUT2D eigenvalue weighted by Gasteiger charge is -2.12. The third-order valence-corrected chi connectivity index (χ3v) is 5.19. The summed E-state index contributed by atoms with van der Waals surface area (Å²) in [7, 11) is 1.36. The lowest BCUT2D eigenvalue weighted by molar-refractivity contribution is 0.0600. The minimum atomic E-state index is -0.370. The van der Waals surface area contributed by atoms with Gasteiger partial charge in [-0.1, -0.05) is 38.5 Å². The van der Waals surface area contributed by atoms with Crippen molar-refractivity contribution in [3.8, 4) is 11.5 Å². The highest BCUT2D eigenvalue weighted by atomic mass is 32.2. The Kier molecular flexibility index (Phi) is 9.32. The molecule has 0 spiro atoms. The highest BCUT2D eigenvalue weighted by Crippen LogP contribution is 2.43. The van der Waals surface area contributed by atoms with Crippen LogP contribution in [0.1, 0.15) is 49.9 Å². The van der Waals surface area contributed by atoms with Gasteiger partial charge >= 0.3 is 11.7 Å². The van der Waals surface area contributed by atoms with Gasteiger partial charge in [-0.25, -0.2) is 4.79 Å². The first kappa shape index (κ1) is 22.6. The van der Waals surface area contributed by atoms with Gasteiger partial charge in [-0.05, 0) is 37.1 Å². The van der Waals surface area contributed by atoms with Crippen LogP contribution in [0.4, 0.5) is 5.69 Å². The number of diazo groups is 1. The molecule has 154 valence electrons. The average molecular weight is 416 g/mol. The van der Waals surface area contributed by atoms with E-state index in [9.17, 15) is 10.2 Å². The second-order valence-electron chi connectivity index (χ2n) is 6.39. The van der Waals surface area contributed by atoms with Gasteiger partial charge in [-0.15, -0.1) is 0 Å². The Bertz CT molecular complexity index is 847. The van der Waals surface area contributed by atoms with Crippen LogP contribution in [0.3, 0.4) is 0 Å². The van der Waals surface area contributed by atoms with Crippen molar-refractivity contribution in [1.29, 1.82) is 5.39 Å². The fourth-order valence-corrected chi connectivity index (χ4v) is 3.38. The normalized spacial score (nSPS) is 10.3. The van der Waals surface area contributed by atoms with Gasteiger partial charge in [0.1, 0.15) is 5.75 Å². The molecule has 7 heteroatoms. The minimum Gasteiger partial charge on any atom is -0.492 e. The molecule has 0 aliphatic heterocycles. The molecular formula is C22H27N2O4S+. The third kappa shape index (κ3) is 6.68. The van der Waals surface area contributed by atoms with Crippen LogP contribution in [0.25, 0.3) is 4.98 Å². The largest absolute Gasteiger partial charge is 0.492 e. The zero-order chi connectivity index (χ0) is 21.1. The van der Waals surface area contributed by atoms with Crippen molar-refractivity contribution in [2.24, 2.45) is 0 Å². The zero-order valence-corrected chi connectivity index (χ0v) is 18.0. The predicted molar refractivity (Wildman–Crippen MR) is 114 cm³/mol. The predicted octanol–water partition coefficient (Wildman–Crippen LogP) is 6.47. The minimum absolute atomic E-state index is 0.345. The maximum absolute atomic E-state index is 11.6. The first-order valence-corrected chi connectivity index (χ1v) is 10.6. The summed E-state index contributed by atoms with van der Waals surface area (Å²) in [5, 5.41) is 9.40. The third-order valence-electron chi connectivity index (χ3n) is 4.15. The Morgan fingerprint density at radius 3 is 2.17 bits per heavy atom. The standard InChI is InChI=1S/C22H27N2O4S/c1-4-6-12-27-19-15-21(20(14-18(19)24-23)28-13-7-5-2)29-17-10-8-16(9-11-17)22(25)26-3/h8-11,14-15H,4-7,12-13H2,1-3H3/q+1. The topological polar surface area (TPSA) is 72.9 Å². The lowest BCUT2D eigenvalue weighted by Crippen LogP contribution is -2.01. The monoisotopic (exact) mass is 415 g/mol. The molecular weight excluding hydrogens is 388 g/mol. The number of carbonyl (C=O) groups excluding carboxylic acids is 1. The summed E-state index contributed by atoms with van der Waals surface area (Å²) in [6.07, 6.45) is 3.88. The first-order chi connectivity index (χ1) is 14.1. The van der Waals surface area contributed by atoms with Crippen molar-refractivity contribution in [3.05, 3.63) is 46.9 Å². The molecule has 2 aromatic rings. The van der Waals surface area contributed by atoms with Crippen molar-refractivity contribution < 1.29 is 19.0 Å². The Morgan fingerprint density at radius 2 is 1.62 bits per heavy atom. The molecule has 6 nitrogen and oxygen atoms in total. The number of rotatable bonds is 11. The van der Waals surface area contributed by atoms with E-state index < -0.39 is 0 Å². The molecule has 0 heterocycles. The van der Waals surface area contributed by atoms with Gasteiger partial charge in [0.05, 0.1) is 36.8 Å². The van der Waals surface area contributed by atoms with Crippen molar-refractivity contribution in [3.63, 3.8) is 0 Å². The van der Waals surface area contributed by atoms with Crippen LogP contribution in [0.5, 0.6) is 11.5 Å². The number of benzene rings is 2. The van der Waals surface area contributed by atoms with Crippen LogP contribution >= 0.6 is 11.8 Å². The molecule has 0 fully saturated rings. The molecule has 29 heavy (non-hydrogen) atoms. The summed E-state index contributed by atoms with van der Waals surface area (Å²) in [5.74, 6) is 0.777. The molecule has 0 aromatic heterocycles. The van der Waals surface area contributed by atoms with Gasteiger partial charge in [-0.2, -0.15) is 0 Å². The number of ether oxygens (including phenoxy) is 3. The molecule has 0 unspecified atom stereocenters. The summed E-state index contributed by atoms with van der Waals surface area (Å²) in [4.78, 5) is 16.8. The molecule has 0 aliphatic rings. The summed E-state index contributed by atoms with van der Waals surface area (Å²) >= 11 is 1.49. The molecule has 2 rings (SSSR count). The lowest BCUT2D eigenvalue weighted by atomic mass is 10.2. The molecule has 2 aromatic carbocycles. The molecule has 0 radical (unpaired) electrons. The molecule has 0 amide bonds. The average Bonchev–Trinajstić information content (AvgIpc) is 2.75. The highest BCUT2D eigenvalue weighted by Gasteiger charge is 2.22. The van der Waals surface area contributed by atoms with Crippen LogP contribution in [0.2, 0.25) is 0 Å². The van der Waals surface area contributed by atoms with Gasteiger partial charge in [0, 0.05) is 11.0 Å². The van der Waals surface area contributed by atoms with Crippen LogP contribution < -0.4 is 9.47 Å². The van der Waals surface area contributed by atoms with Crippen molar-refractivity contribution in [1.82, 2.24) is 0 Å². The van der Waals surface area contributed by atoms with Gasteiger partial charge in [0.2, 0.25) is 11.1 Å². The van der Waals surface area contributed by atoms with Crippen LogP contribution in [-0.2, 0) is 4.74 Å². The molecule has 0 aliphatic carbocycles. The van der Waals surface area contributed by atoms with Crippen molar-refractivity contribution in [2.75, 3.05) is 20.3 Å². The van der Waals surface area contributed by atoms with E-state index in [-0.39, 0.29) is 5.97 Å². The summed E-state index contributed by atoms with van der Waals surface area (Å²) in [6, 6.07) is 10.7. The fraction of sp³-hybridized carbons (Fsp3) is 0.409. The molecule has 0 N–H and O–H groups in total. The number of unbranched alkanes of at least 4 members (excludes halogenated alkanes) is 2. The number of hydrogen-bond acceptors (Lipinski definition) is 6. The number of carbonyl (C=O) groups is 1. The quantitative estimate of drug-likeness (QED) is 0.238. The SMILES string of the molecule is CCCCOc1cc(Sc2ccc(C(=O)OC)cc2)c(OCCCC)cc1[N+]#N. The Labute approximate surface area is 176 Å². The maximum atomic E-state index is 11.6. The number of methoxy groups -OCH3 is 1. The Balaban J connectivity index is 2.30. The van der Waals surface area contributed by atoms with Crippen molar-refractivity contribution >= 4 is 23.4 Å². The summed E-state index contributed by atoms with van der Waals surface area (Å²) < 4.78 is 16.5. The van der Waals surface area contributed by atoms with E-state index in [1.54, 1.807) is 18.2 Å². The van der Waals surface area contributed by atoms with E-state index in [1.165, 1.54) is 18.9 Å². The Morgan fingerprint density at radius 1 is 1.00 bits per heavy atom. The Hall–Kier alpha value is -2.72. The zero-order valence-electron chi connectivity index (χ0n) is 17.1. The molecule has 0 saturated heterocycles. The van der Waals surface area contributed by atoms with Crippen LogP contribution in [0, 0.1) is 5.39 Å². The van der Waals surface area contributed by atoms with E-state index in [0.29, 0.717) is 36.0 Å². The molecule has 0 saturated carbocycles. The van der Waals surface area contributed by atoms with E-state index >= 15 is 0 Å². The maximum Gasteiger partial charge on any atom is 0.430 e. The second kappa shape index (κ2) is 12.0. The van der Waals surface area contributed by atoms with Crippen LogP contribution in [-0.4, -0.2) is 26.3 Å². The highest BCUT2D eigenvalue weighted by molar-refractivity contribution is 7.99. The van der Waals surface area contributed by atoms with E-state index in [2.05, 4.69) is 18.8 Å². The first-order valence-electron chi connectivity index (χ1n) is 9.77. The van der Waals surface area contributed by atoms with Gasteiger partial charge in [0.15, 0.2) is 4.98 Å². The van der Waals surface area contributed by atoms with Crippen molar-refractivity contribution in [2.45, 2.75) is 49.3 Å². The summed E-state index contributed by atoms with van der Waals surface area (Å²) in [6.45, 7) is 5.31. The van der Waals surface area contributed by atoms with Gasteiger partial charge < -0.3 is 14.2 Å². The fourth-order valence-electron chi connectivity index (χ4n) is 2.47. The van der Waals surface area contributed by atoms with Gasteiger partial charge in [-0.3, -0.25) is 0 Å². The molecule has 0 bridgehead atoms. The molecule has 0 atom stereocenters. The summed E-state index contributed by atoms with van der Waals surface area (Å²) in [5.41, 5.74) is 0.840. The second-order valence-corrected chi connectivity index (χ2v) is 7.50. The number of nitrogens with zero attached hydrogens (tertiary/aromatic N) is 2. The smallest absolute Gasteiger partial charge is 0.430 e. The number of esters is 1. The van der Waals surface area contributed by atoms with E-state index in [4.69, 9.17) is 14.2 Å². The van der Waals surface area contributed by atoms with E-state index in [0.717, 1.165) is 35.5 Å².